The Hall–Kier alpha value is -1.76. The van der Waals surface area contributed by atoms with Gasteiger partial charge in [0, 0.05) is 16.5 Å². The van der Waals surface area contributed by atoms with Gasteiger partial charge in [-0.1, -0.05) is 52.9 Å². The number of halogens is 1. The van der Waals surface area contributed by atoms with Gasteiger partial charge in [-0.3, -0.25) is 0 Å². The van der Waals surface area contributed by atoms with E-state index in [1.54, 1.807) is 23.1 Å². The number of thioether (sulfide) groups is 1. The molecule has 4 nitrogen and oxygen atoms in total. The van der Waals surface area contributed by atoms with Crippen LogP contribution in [0.25, 0.3) is 0 Å². The minimum absolute atomic E-state index is 0.669. The molecule has 124 valence electrons. The SMILES string of the molecule is Clc1ccc(OCCCSc2nnc(Nc3ccccc3)s2)cc1. The van der Waals surface area contributed by atoms with E-state index in [0.717, 1.165) is 33.1 Å². The zero-order valence-corrected chi connectivity index (χ0v) is 15.2. The molecule has 3 rings (SSSR count). The topological polar surface area (TPSA) is 47.0 Å². The molecule has 1 aromatic heterocycles. The molecule has 0 spiro atoms. The lowest BCUT2D eigenvalue weighted by Crippen LogP contribution is -1.98. The molecule has 0 aliphatic heterocycles. The lowest BCUT2D eigenvalue weighted by Gasteiger charge is -2.05. The van der Waals surface area contributed by atoms with Gasteiger partial charge >= 0.3 is 0 Å². The van der Waals surface area contributed by atoms with Crippen molar-refractivity contribution in [1.82, 2.24) is 10.2 Å². The van der Waals surface area contributed by atoms with Gasteiger partial charge in [0.2, 0.25) is 5.13 Å². The predicted octanol–water partition coefficient (Wildman–Crippen LogP) is 5.50. The van der Waals surface area contributed by atoms with Crippen molar-refractivity contribution in [3.63, 3.8) is 0 Å². The van der Waals surface area contributed by atoms with E-state index in [2.05, 4.69) is 15.5 Å². The molecule has 24 heavy (non-hydrogen) atoms. The highest BCUT2D eigenvalue weighted by Gasteiger charge is 2.05. The number of hydrogen-bond donors (Lipinski definition) is 1. The number of benzene rings is 2. The van der Waals surface area contributed by atoms with Gasteiger partial charge in [-0.05, 0) is 42.8 Å². The molecule has 0 amide bonds. The maximum Gasteiger partial charge on any atom is 0.210 e. The third-order valence-electron chi connectivity index (χ3n) is 3.03. The van der Waals surface area contributed by atoms with Crippen LogP contribution < -0.4 is 10.1 Å². The summed E-state index contributed by atoms with van der Waals surface area (Å²) in [7, 11) is 0. The van der Waals surface area contributed by atoms with Crippen molar-refractivity contribution in [2.75, 3.05) is 17.7 Å². The summed E-state index contributed by atoms with van der Waals surface area (Å²) in [6, 6.07) is 17.4. The molecule has 7 heteroatoms. The normalized spacial score (nSPS) is 10.5. The van der Waals surface area contributed by atoms with Crippen molar-refractivity contribution in [1.29, 1.82) is 0 Å². The number of nitrogens with one attached hydrogen (secondary N) is 1. The molecular formula is C17H16ClN3OS2. The fourth-order valence-electron chi connectivity index (χ4n) is 1.90. The highest BCUT2D eigenvalue weighted by Crippen LogP contribution is 2.28. The number of para-hydroxylation sites is 1. The van der Waals surface area contributed by atoms with E-state index in [0.29, 0.717) is 11.6 Å². The molecule has 2 aromatic carbocycles. The Morgan fingerprint density at radius 3 is 2.62 bits per heavy atom. The summed E-state index contributed by atoms with van der Waals surface area (Å²) < 4.78 is 6.62. The van der Waals surface area contributed by atoms with E-state index >= 15 is 0 Å². The molecule has 0 aliphatic carbocycles. The molecule has 0 fully saturated rings. The van der Waals surface area contributed by atoms with Crippen molar-refractivity contribution >= 4 is 45.5 Å². The van der Waals surface area contributed by atoms with Crippen LogP contribution in [0.5, 0.6) is 5.75 Å². The molecule has 0 saturated carbocycles. The Balaban J connectivity index is 1.37. The first-order valence-electron chi connectivity index (χ1n) is 7.46. The van der Waals surface area contributed by atoms with Gasteiger partial charge < -0.3 is 10.1 Å². The van der Waals surface area contributed by atoms with Gasteiger partial charge in [-0.25, -0.2) is 0 Å². The second kappa shape index (κ2) is 8.92. The third kappa shape index (κ3) is 5.40. The smallest absolute Gasteiger partial charge is 0.210 e. The number of rotatable bonds is 8. The lowest BCUT2D eigenvalue weighted by molar-refractivity contribution is 0.319. The van der Waals surface area contributed by atoms with Gasteiger partial charge in [0.05, 0.1) is 6.61 Å². The summed E-state index contributed by atoms with van der Waals surface area (Å²) in [6.45, 7) is 0.669. The van der Waals surface area contributed by atoms with Crippen LogP contribution in [0.15, 0.2) is 58.9 Å². The third-order valence-corrected chi connectivity index (χ3v) is 5.34. The van der Waals surface area contributed by atoms with Gasteiger partial charge in [-0.2, -0.15) is 0 Å². The number of nitrogens with zero attached hydrogens (tertiary/aromatic N) is 2. The summed E-state index contributed by atoms with van der Waals surface area (Å²) >= 11 is 9.09. The van der Waals surface area contributed by atoms with E-state index in [1.165, 1.54) is 0 Å². The number of anilines is 2. The largest absolute Gasteiger partial charge is 0.494 e. The maximum atomic E-state index is 5.84. The first-order chi connectivity index (χ1) is 11.8. The maximum absolute atomic E-state index is 5.84. The number of ether oxygens (including phenoxy) is 1. The zero-order valence-electron chi connectivity index (χ0n) is 12.8. The molecule has 0 bridgehead atoms. The van der Waals surface area contributed by atoms with Crippen LogP contribution in [0, 0.1) is 0 Å². The van der Waals surface area contributed by atoms with E-state index in [1.807, 2.05) is 54.6 Å². The van der Waals surface area contributed by atoms with Crippen LogP contribution in [0.4, 0.5) is 10.8 Å². The summed E-state index contributed by atoms with van der Waals surface area (Å²) in [5.41, 5.74) is 1.02. The van der Waals surface area contributed by atoms with Gasteiger partial charge in [-0.15, -0.1) is 10.2 Å². The molecule has 0 unspecified atom stereocenters. The van der Waals surface area contributed by atoms with Crippen molar-refractivity contribution in [2.24, 2.45) is 0 Å². The summed E-state index contributed by atoms with van der Waals surface area (Å²) in [5, 5.41) is 13.1. The average molecular weight is 378 g/mol. The standard InChI is InChI=1S/C17H16ClN3OS2/c18-13-7-9-15(10-8-13)22-11-4-12-23-17-21-20-16(24-17)19-14-5-2-1-3-6-14/h1-3,5-10H,4,11-12H2,(H,19,20). The van der Waals surface area contributed by atoms with Crippen molar-refractivity contribution in [3.05, 3.63) is 59.6 Å². The Bertz CT molecular complexity index is 750. The first kappa shape index (κ1) is 17.1. The van der Waals surface area contributed by atoms with Gasteiger partial charge in [0.25, 0.3) is 0 Å². The highest BCUT2D eigenvalue weighted by molar-refractivity contribution is 8.01. The molecule has 3 aromatic rings. The quantitative estimate of drug-likeness (QED) is 0.415. The minimum Gasteiger partial charge on any atom is -0.494 e. The predicted molar refractivity (Wildman–Crippen MR) is 102 cm³/mol. The zero-order chi connectivity index (χ0) is 16.6. The van der Waals surface area contributed by atoms with Crippen LogP contribution >= 0.6 is 34.7 Å². The molecule has 0 aliphatic rings. The second-order valence-electron chi connectivity index (χ2n) is 4.87. The fraction of sp³-hybridized carbons (Fsp3) is 0.176. The summed E-state index contributed by atoms with van der Waals surface area (Å²) in [5.74, 6) is 1.78. The van der Waals surface area contributed by atoms with E-state index in [-0.39, 0.29) is 0 Å². The Kier molecular flexibility index (Phi) is 6.34. The summed E-state index contributed by atoms with van der Waals surface area (Å²) in [6.07, 6.45) is 0.939. The van der Waals surface area contributed by atoms with E-state index < -0.39 is 0 Å². The summed E-state index contributed by atoms with van der Waals surface area (Å²) in [4.78, 5) is 0. The average Bonchev–Trinajstić information content (AvgIpc) is 3.04. The van der Waals surface area contributed by atoms with Crippen LogP contribution in [0.2, 0.25) is 5.02 Å². The van der Waals surface area contributed by atoms with Crippen molar-refractivity contribution in [3.8, 4) is 5.75 Å². The highest BCUT2D eigenvalue weighted by atomic mass is 35.5. The first-order valence-corrected chi connectivity index (χ1v) is 9.64. The van der Waals surface area contributed by atoms with Gasteiger partial charge in [0.15, 0.2) is 4.34 Å². The van der Waals surface area contributed by atoms with E-state index in [9.17, 15) is 0 Å². The van der Waals surface area contributed by atoms with Crippen molar-refractivity contribution < 1.29 is 4.74 Å². The molecule has 1 heterocycles. The number of aromatic nitrogens is 2. The molecule has 0 saturated heterocycles. The molecule has 1 N–H and O–H groups in total. The number of hydrogen-bond acceptors (Lipinski definition) is 6. The minimum atomic E-state index is 0.669. The lowest BCUT2D eigenvalue weighted by atomic mass is 10.3. The van der Waals surface area contributed by atoms with Gasteiger partial charge in [0.1, 0.15) is 5.75 Å². The molecule has 0 radical (unpaired) electrons. The Labute approximate surface area is 154 Å². The van der Waals surface area contributed by atoms with E-state index in [4.69, 9.17) is 16.3 Å². The van der Waals surface area contributed by atoms with Crippen LogP contribution in [0.3, 0.4) is 0 Å². The van der Waals surface area contributed by atoms with Crippen molar-refractivity contribution in [2.45, 2.75) is 10.8 Å². The second-order valence-corrected chi connectivity index (χ2v) is 7.62. The Morgan fingerprint density at radius 1 is 1.04 bits per heavy atom. The Morgan fingerprint density at radius 2 is 1.83 bits per heavy atom. The van der Waals surface area contributed by atoms with Crippen LogP contribution in [-0.4, -0.2) is 22.6 Å². The molecular weight excluding hydrogens is 362 g/mol. The fourth-order valence-corrected chi connectivity index (χ4v) is 3.78. The molecule has 0 atom stereocenters. The van der Waals surface area contributed by atoms with Crippen LogP contribution in [0.1, 0.15) is 6.42 Å². The van der Waals surface area contributed by atoms with Crippen LogP contribution in [-0.2, 0) is 0 Å². The monoisotopic (exact) mass is 377 g/mol.